The minimum absolute atomic E-state index is 0.0774. The number of nitrogens with two attached hydrogens (primary N) is 1. The maximum absolute atomic E-state index is 13.4. The first-order chi connectivity index (χ1) is 16.6. The summed E-state index contributed by atoms with van der Waals surface area (Å²) in [6, 6.07) is 12.8. The van der Waals surface area contributed by atoms with Crippen LogP contribution in [0.25, 0.3) is 0 Å². The molecule has 35 heavy (non-hydrogen) atoms. The van der Waals surface area contributed by atoms with Gasteiger partial charge in [0.15, 0.2) is 5.96 Å². The molecule has 7 nitrogen and oxygen atoms in total. The molecule has 188 valence electrons. The van der Waals surface area contributed by atoms with E-state index in [9.17, 15) is 14.0 Å². The fraction of sp³-hybridized carbons (Fsp3) is 0.444. The number of aliphatic imine (C=N–C) groups is 1. The minimum Gasteiger partial charge on any atom is -0.385 e. The van der Waals surface area contributed by atoms with Gasteiger partial charge in [-0.05, 0) is 61.1 Å². The summed E-state index contributed by atoms with van der Waals surface area (Å²) in [6.45, 7) is 6.83. The van der Waals surface area contributed by atoms with E-state index in [0.29, 0.717) is 30.9 Å². The number of hydrogen-bond donors (Lipinski definition) is 2. The summed E-state index contributed by atoms with van der Waals surface area (Å²) in [6.07, 6.45) is 1.62. The van der Waals surface area contributed by atoms with Gasteiger partial charge in [0.1, 0.15) is 5.82 Å². The lowest BCUT2D eigenvalue weighted by Crippen LogP contribution is -2.50. The zero-order chi connectivity index (χ0) is 25.6. The third-order valence-electron chi connectivity index (χ3n) is 6.06. The van der Waals surface area contributed by atoms with E-state index in [1.807, 2.05) is 13.0 Å². The van der Waals surface area contributed by atoms with Crippen molar-refractivity contribution in [3.63, 3.8) is 0 Å². The van der Waals surface area contributed by atoms with E-state index in [0.717, 1.165) is 17.5 Å². The normalized spacial score (nSPS) is 19.0. The molecule has 0 radical (unpaired) electrons. The molecule has 2 aromatic carbocycles. The van der Waals surface area contributed by atoms with Crippen LogP contribution in [0.1, 0.15) is 67.6 Å². The lowest BCUT2D eigenvalue weighted by atomic mass is 9.87. The Kier molecular flexibility index (Phi) is 8.62. The molecular weight excluding hydrogens is 447 g/mol. The van der Waals surface area contributed by atoms with Crippen LogP contribution < -0.4 is 11.1 Å². The maximum atomic E-state index is 13.4. The highest BCUT2D eigenvalue weighted by Crippen LogP contribution is 2.29. The van der Waals surface area contributed by atoms with Crippen LogP contribution in [0.5, 0.6) is 0 Å². The van der Waals surface area contributed by atoms with Crippen molar-refractivity contribution < 1.29 is 18.7 Å². The molecule has 8 heteroatoms. The van der Waals surface area contributed by atoms with Gasteiger partial charge in [0.05, 0.1) is 24.5 Å². The largest absolute Gasteiger partial charge is 0.385 e. The number of nitrogens with one attached hydrogen (secondary N) is 1. The van der Waals surface area contributed by atoms with Gasteiger partial charge in [0.2, 0.25) is 5.91 Å². The number of amides is 2. The fourth-order valence-corrected chi connectivity index (χ4v) is 4.58. The van der Waals surface area contributed by atoms with Gasteiger partial charge in [-0.25, -0.2) is 9.38 Å². The van der Waals surface area contributed by atoms with Crippen molar-refractivity contribution in [2.45, 2.75) is 58.2 Å². The van der Waals surface area contributed by atoms with E-state index in [1.165, 1.54) is 17.0 Å². The number of rotatable bonds is 10. The second-order valence-electron chi connectivity index (χ2n) is 9.78. The first kappa shape index (κ1) is 26.3. The van der Waals surface area contributed by atoms with Gasteiger partial charge in [0.25, 0.3) is 5.91 Å². The van der Waals surface area contributed by atoms with Crippen LogP contribution in [0, 0.1) is 11.7 Å². The maximum Gasteiger partial charge on any atom is 0.251 e. The molecule has 2 amide bonds. The summed E-state index contributed by atoms with van der Waals surface area (Å²) in [4.78, 5) is 32.1. The number of guanidine groups is 1. The van der Waals surface area contributed by atoms with E-state index in [1.54, 1.807) is 37.4 Å². The van der Waals surface area contributed by atoms with E-state index in [4.69, 9.17) is 10.5 Å². The van der Waals surface area contributed by atoms with Gasteiger partial charge in [0, 0.05) is 19.3 Å². The topological polar surface area (TPSA) is 97.0 Å². The van der Waals surface area contributed by atoms with Crippen LogP contribution in [0.3, 0.4) is 0 Å². The van der Waals surface area contributed by atoms with Gasteiger partial charge < -0.3 is 15.8 Å². The smallest absolute Gasteiger partial charge is 0.251 e. The second-order valence-corrected chi connectivity index (χ2v) is 9.78. The van der Waals surface area contributed by atoms with E-state index in [-0.39, 0.29) is 36.2 Å². The van der Waals surface area contributed by atoms with Crippen LogP contribution in [0.2, 0.25) is 0 Å². The van der Waals surface area contributed by atoms with Crippen LogP contribution in [0.4, 0.5) is 4.39 Å². The Labute approximate surface area is 206 Å². The molecule has 0 fully saturated rings. The highest BCUT2D eigenvalue weighted by Gasteiger charge is 2.36. The van der Waals surface area contributed by atoms with E-state index in [2.05, 4.69) is 24.2 Å². The third kappa shape index (κ3) is 7.11. The van der Waals surface area contributed by atoms with E-state index >= 15 is 0 Å². The Bertz CT molecular complexity index is 1070. The van der Waals surface area contributed by atoms with E-state index < -0.39 is 5.54 Å². The predicted octanol–water partition coefficient (Wildman–Crippen LogP) is 4.19. The molecule has 0 bridgehead atoms. The van der Waals surface area contributed by atoms with Crippen molar-refractivity contribution in [1.82, 2.24) is 10.2 Å². The summed E-state index contributed by atoms with van der Waals surface area (Å²) < 4.78 is 18.5. The Morgan fingerprint density at radius 3 is 2.60 bits per heavy atom. The standard InChI is InChI=1S/C27H35FN4O3/c1-18(2)15-27(3)16-24(33)32(26(29)31-27)17-19-6-5-7-21(14-19)25(34)30-23(12-13-35-4)20-8-10-22(28)11-9-20/h5-11,14,18,23H,12-13,15-17H2,1-4H3,(H2,29,31)(H,30,34)/t23-,27+/m0/s1. The minimum atomic E-state index is -0.495. The van der Waals surface area contributed by atoms with Gasteiger partial charge >= 0.3 is 0 Å². The van der Waals surface area contributed by atoms with Crippen LogP contribution >= 0.6 is 0 Å². The summed E-state index contributed by atoms with van der Waals surface area (Å²) in [7, 11) is 1.59. The Morgan fingerprint density at radius 2 is 1.97 bits per heavy atom. The summed E-state index contributed by atoms with van der Waals surface area (Å²) in [5.74, 6) is -0.0818. The van der Waals surface area contributed by atoms with Gasteiger partial charge in [-0.1, -0.05) is 38.1 Å². The molecular formula is C27H35FN4O3. The monoisotopic (exact) mass is 482 g/mol. The van der Waals surface area contributed by atoms with Crippen LogP contribution in [-0.4, -0.2) is 41.9 Å². The molecule has 0 saturated heterocycles. The number of hydrogen-bond acceptors (Lipinski definition) is 5. The lowest BCUT2D eigenvalue weighted by molar-refractivity contribution is -0.130. The number of carbonyl (C=O) groups is 2. The second kappa shape index (κ2) is 11.4. The molecule has 0 saturated carbocycles. The summed E-state index contributed by atoms with van der Waals surface area (Å²) >= 11 is 0. The van der Waals surface area contributed by atoms with Crippen molar-refractivity contribution >= 4 is 17.8 Å². The fourth-order valence-electron chi connectivity index (χ4n) is 4.58. The quantitative estimate of drug-likeness (QED) is 0.531. The van der Waals surface area contributed by atoms with Gasteiger partial charge in [-0.3, -0.25) is 14.5 Å². The van der Waals surface area contributed by atoms with Crippen molar-refractivity contribution in [2.75, 3.05) is 13.7 Å². The first-order valence-corrected chi connectivity index (χ1v) is 11.9. The number of methoxy groups -OCH3 is 1. The molecule has 2 atom stereocenters. The predicted molar refractivity (Wildman–Crippen MR) is 134 cm³/mol. The molecule has 1 heterocycles. The number of carbonyl (C=O) groups excluding carboxylic acids is 2. The Balaban J connectivity index is 1.74. The molecule has 0 aliphatic carbocycles. The third-order valence-corrected chi connectivity index (χ3v) is 6.06. The van der Waals surface area contributed by atoms with Gasteiger partial charge in [-0.15, -0.1) is 0 Å². The molecule has 1 aliphatic heterocycles. The number of halogens is 1. The Morgan fingerprint density at radius 1 is 1.26 bits per heavy atom. The van der Waals surface area contributed by atoms with Gasteiger partial charge in [-0.2, -0.15) is 0 Å². The average Bonchev–Trinajstić information content (AvgIpc) is 2.79. The highest BCUT2D eigenvalue weighted by atomic mass is 19.1. The number of benzene rings is 2. The number of nitrogens with zero attached hydrogens (tertiary/aromatic N) is 2. The molecule has 0 aromatic heterocycles. The summed E-state index contributed by atoms with van der Waals surface area (Å²) in [5.41, 5.74) is 7.71. The molecule has 0 spiro atoms. The van der Waals surface area contributed by atoms with Crippen LogP contribution in [0.15, 0.2) is 53.5 Å². The molecule has 1 aliphatic rings. The molecule has 0 unspecified atom stereocenters. The zero-order valence-corrected chi connectivity index (χ0v) is 20.9. The van der Waals surface area contributed by atoms with Crippen LogP contribution in [-0.2, 0) is 16.1 Å². The Hall–Kier alpha value is -3.26. The van der Waals surface area contributed by atoms with Crippen molar-refractivity contribution in [2.24, 2.45) is 16.6 Å². The zero-order valence-electron chi connectivity index (χ0n) is 20.9. The molecule has 2 aromatic rings. The van der Waals surface area contributed by atoms with Crippen molar-refractivity contribution in [3.8, 4) is 0 Å². The molecule has 3 rings (SSSR count). The lowest BCUT2D eigenvalue weighted by Gasteiger charge is -2.36. The number of ether oxygens (including phenoxy) is 1. The SMILES string of the molecule is COCC[C@H](NC(=O)c1cccc(CN2C(=O)C[C@@](C)(CC(C)C)N=C2N)c1)c1ccc(F)cc1. The van der Waals surface area contributed by atoms with Crippen molar-refractivity contribution in [3.05, 3.63) is 71.0 Å². The average molecular weight is 483 g/mol. The highest BCUT2D eigenvalue weighted by molar-refractivity contribution is 5.99. The summed E-state index contributed by atoms with van der Waals surface area (Å²) in [5, 5.41) is 3.01. The first-order valence-electron chi connectivity index (χ1n) is 11.9. The molecule has 3 N–H and O–H groups in total. The van der Waals surface area contributed by atoms with Crippen molar-refractivity contribution in [1.29, 1.82) is 0 Å².